The Balaban J connectivity index is 2.62. The molecule has 2 N–H and O–H groups in total. The van der Waals surface area contributed by atoms with Crippen molar-refractivity contribution in [2.75, 3.05) is 12.8 Å². The first-order valence-corrected chi connectivity index (χ1v) is 7.76. The van der Waals surface area contributed by atoms with Crippen LogP contribution in [-0.4, -0.2) is 44.8 Å². The van der Waals surface area contributed by atoms with Crippen LogP contribution in [0.3, 0.4) is 0 Å². The third-order valence-corrected chi connectivity index (χ3v) is 3.27. The fourth-order valence-electron chi connectivity index (χ4n) is 1.44. The molecule has 1 aromatic carbocycles. The van der Waals surface area contributed by atoms with E-state index in [4.69, 9.17) is 5.11 Å². The molecule has 5 nitrogen and oxygen atoms in total. The highest BCUT2D eigenvalue weighted by Gasteiger charge is 2.17. The van der Waals surface area contributed by atoms with E-state index >= 15 is 0 Å². The largest absolute Gasteiger partial charge is 0.385 e. The fraction of sp³-hybridized carbons (Fsp3) is 0.417. The predicted octanol–water partition coefficient (Wildman–Crippen LogP) is 0.587. The molecule has 1 amide bonds. The molecule has 8 heteroatoms. The number of sulfone groups is 1. The van der Waals surface area contributed by atoms with Gasteiger partial charge < -0.3 is 10.4 Å². The summed E-state index contributed by atoms with van der Waals surface area (Å²) in [5.41, 5.74) is 0.723. The summed E-state index contributed by atoms with van der Waals surface area (Å²) < 4.78 is 46.2. The average Bonchev–Trinajstić information content (AvgIpc) is 2.34. The number of aliphatic hydroxyl groups excluding tert-OH is 1. The van der Waals surface area contributed by atoms with E-state index < -0.39 is 34.8 Å². The van der Waals surface area contributed by atoms with Gasteiger partial charge in [0, 0.05) is 18.4 Å². The molecule has 1 aromatic rings. The highest BCUT2D eigenvalue weighted by molar-refractivity contribution is 7.89. The van der Waals surface area contributed by atoms with E-state index in [9.17, 15) is 22.0 Å². The molecule has 0 aliphatic carbocycles. The fourth-order valence-corrected chi connectivity index (χ4v) is 2.24. The van der Waals surface area contributed by atoms with Gasteiger partial charge in [-0.1, -0.05) is 12.1 Å². The number of benzene rings is 1. The van der Waals surface area contributed by atoms with Gasteiger partial charge in [0.05, 0.1) is 5.75 Å². The van der Waals surface area contributed by atoms with Gasteiger partial charge >= 0.3 is 0 Å². The van der Waals surface area contributed by atoms with Crippen LogP contribution in [0.2, 0.25) is 0 Å². The maximum absolute atomic E-state index is 12.0. The van der Waals surface area contributed by atoms with Gasteiger partial charge in [0.2, 0.25) is 0 Å². The molecule has 112 valence electrons. The van der Waals surface area contributed by atoms with Crippen LogP contribution in [0.1, 0.15) is 15.9 Å². The van der Waals surface area contributed by atoms with E-state index in [2.05, 4.69) is 5.32 Å². The number of hydrogen-bond donors (Lipinski definition) is 2. The SMILES string of the molecule is CS(=O)(=O)Cc1ccc(C(=O)NCC(O)C(F)F)cc1. The third kappa shape index (κ3) is 5.62. The van der Waals surface area contributed by atoms with Gasteiger partial charge in [0.15, 0.2) is 9.84 Å². The molecule has 0 saturated carbocycles. The van der Waals surface area contributed by atoms with Crippen molar-refractivity contribution < 1.29 is 27.1 Å². The lowest BCUT2D eigenvalue weighted by molar-refractivity contribution is -0.00270. The Morgan fingerprint density at radius 1 is 1.30 bits per heavy atom. The summed E-state index contributed by atoms with van der Waals surface area (Å²) in [5, 5.41) is 11.0. The summed E-state index contributed by atoms with van der Waals surface area (Å²) in [6.45, 7) is -0.554. The second kappa shape index (κ2) is 6.76. The van der Waals surface area contributed by atoms with E-state index in [1.165, 1.54) is 24.3 Å². The number of hydrogen-bond acceptors (Lipinski definition) is 4. The Hall–Kier alpha value is -1.54. The van der Waals surface area contributed by atoms with Crippen LogP contribution >= 0.6 is 0 Å². The molecule has 0 aliphatic rings. The summed E-state index contributed by atoms with van der Waals surface area (Å²) in [7, 11) is -3.16. The Bertz CT molecular complexity index is 557. The molecule has 20 heavy (non-hydrogen) atoms. The normalized spacial score (nSPS) is 13.2. The minimum Gasteiger partial charge on any atom is -0.385 e. The zero-order chi connectivity index (χ0) is 15.3. The van der Waals surface area contributed by atoms with Crippen LogP contribution in [0.5, 0.6) is 0 Å². The quantitative estimate of drug-likeness (QED) is 0.805. The van der Waals surface area contributed by atoms with E-state index in [0.29, 0.717) is 5.56 Å². The van der Waals surface area contributed by atoms with Crippen molar-refractivity contribution in [1.29, 1.82) is 0 Å². The number of alkyl halides is 2. The molecule has 0 saturated heterocycles. The Kier molecular flexibility index (Phi) is 5.58. The Morgan fingerprint density at radius 3 is 2.30 bits per heavy atom. The van der Waals surface area contributed by atoms with Gasteiger partial charge in [0.25, 0.3) is 12.3 Å². The van der Waals surface area contributed by atoms with Gasteiger partial charge in [-0.05, 0) is 17.7 Å². The highest BCUT2D eigenvalue weighted by Crippen LogP contribution is 2.08. The smallest absolute Gasteiger partial charge is 0.265 e. The van der Waals surface area contributed by atoms with Crippen LogP contribution < -0.4 is 5.32 Å². The van der Waals surface area contributed by atoms with Gasteiger partial charge in [0.1, 0.15) is 6.10 Å². The summed E-state index contributed by atoms with van der Waals surface area (Å²) in [6, 6.07) is 5.73. The van der Waals surface area contributed by atoms with Crippen LogP contribution in [0.4, 0.5) is 8.78 Å². The summed E-state index contributed by atoms with van der Waals surface area (Å²) in [6.07, 6.45) is -3.74. The summed E-state index contributed by atoms with van der Waals surface area (Å²) >= 11 is 0. The second-order valence-electron chi connectivity index (χ2n) is 4.38. The number of carbonyl (C=O) groups excluding carboxylic acids is 1. The lowest BCUT2D eigenvalue weighted by Crippen LogP contribution is -2.35. The van der Waals surface area contributed by atoms with Crippen molar-refractivity contribution in [3.63, 3.8) is 0 Å². The number of amides is 1. The molecule has 1 unspecified atom stereocenters. The van der Waals surface area contributed by atoms with Gasteiger partial charge in [-0.3, -0.25) is 4.79 Å². The van der Waals surface area contributed by atoms with Crippen molar-refractivity contribution in [3.8, 4) is 0 Å². The average molecular weight is 307 g/mol. The Labute approximate surface area is 115 Å². The Morgan fingerprint density at radius 2 is 1.85 bits per heavy atom. The maximum atomic E-state index is 12.0. The minimum atomic E-state index is -3.16. The topological polar surface area (TPSA) is 83.5 Å². The first-order chi connectivity index (χ1) is 9.19. The summed E-state index contributed by atoms with van der Waals surface area (Å²) in [5.74, 6) is -0.755. The first-order valence-electron chi connectivity index (χ1n) is 5.70. The molecule has 0 bridgehead atoms. The third-order valence-electron chi connectivity index (χ3n) is 2.41. The molecule has 1 rings (SSSR count). The number of carbonyl (C=O) groups is 1. The van der Waals surface area contributed by atoms with E-state index in [1.807, 2.05) is 0 Å². The molecule has 0 heterocycles. The molecule has 0 fully saturated rings. The van der Waals surface area contributed by atoms with Crippen molar-refractivity contribution in [2.24, 2.45) is 0 Å². The maximum Gasteiger partial charge on any atom is 0.265 e. The van der Waals surface area contributed by atoms with E-state index in [-0.39, 0.29) is 11.3 Å². The van der Waals surface area contributed by atoms with Crippen molar-refractivity contribution in [1.82, 2.24) is 5.32 Å². The lowest BCUT2D eigenvalue weighted by Gasteiger charge is -2.10. The zero-order valence-corrected chi connectivity index (χ0v) is 11.5. The molecular formula is C12H15F2NO4S. The first kappa shape index (κ1) is 16.5. The molecular weight excluding hydrogens is 292 g/mol. The van der Waals surface area contributed by atoms with Crippen LogP contribution in [0.25, 0.3) is 0 Å². The molecule has 0 radical (unpaired) electrons. The standard InChI is InChI=1S/C12H15F2NO4S/c1-20(18,19)7-8-2-4-9(5-3-8)12(17)15-6-10(16)11(13)14/h2-5,10-11,16H,6-7H2,1H3,(H,15,17). The van der Waals surface area contributed by atoms with Gasteiger partial charge in [-0.2, -0.15) is 0 Å². The highest BCUT2D eigenvalue weighted by atomic mass is 32.2. The van der Waals surface area contributed by atoms with Crippen molar-refractivity contribution >= 4 is 15.7 Å². The lowest BCUT2D eigenvalue weighted by atomic mass is 10.1. The monoisotopic (exact) mass is 307 g/mol. The van der Waals surface area contributed by atoms with Crippen molar-refractivity contribution in [3.05, 3.63) is 35.4 Å². The number of halogens is 2. The predicted molar refractivity (Wildman–Crippen MR) is 69.3 cm³/mol. The molecule has 0 aromatic heterocycles. The molecule has 0 aliphatic heterocycles. The van der Waals surface area contributed by atoms with Crippen LogP contribution in [0, 0.1) is 0 Å². The molecule has 1 atom stereocenters. The number of rotatable bonds is 6. The zero-order valence-electron chi connectivity index (χ0n) is 10.7. The number of aliphatic hydroxyl groups is 1. The van der Waals surface area contributed by atoms with E-state index in [0.717, 1.165) is 6.26 Å². The van der Waals surface area contributed by atoms with Crippen LogP contribution in [-0.2, 0) is 15.6 Å². The second-order valence-corrected chi connectivity index (χ2v) is 6.52. The van der Waals surface area contributed by atoms with E-state index in [1.54, 1.807) is 0 Å². The van der Waals surface area contributed by atoms with Gasteiger partial charge in [-0.15, -0.1) is 0 Å². The van der Waals surface area contributed by atoms with Gasteiger partial charge in [-0.25, -0.2) is 17.2 Å². The summed E-state index contributed by atoms with van der Waals surface area (Å²) in [4.78, 5) is 11.6. The minimum absolute atomic E-state index is 0.140. The molecule has 0 spiro atoms. The number of nitrogens with one attached hydrogen (secondary N) is 1. The van der Waals surface area contributed by atoms with Crippen molar-refractivity contribution in [2.45, 2.75) is 18.3 Å². The van der Waals surface area contributed by atoms with Crippen LogP contribution in [0.15, 0.2) is 24.3 Å².